The molecule has 0 saturated heterocycles. The molecule has 0 fully saturated rings. The van der Waals surface area contributed by atoms with Crippen molar-refractivity contribution in [1.29, 1.82) is 0 Å². The minimum Gasteiger partial charge on any atom is -0.460 e. The summed E-state index contributed by atoms with van der Waals surface area (Å²) in [7, 11) is -3.07. The summed E-state index contributed by atoms with van der Waals surface area (Å²) in [5, 5.41) is 0. The molecule has 5 aromatic rings. The maximum Gasteiger partial charge on any atom is 0.415 e. The Bertz CT molecular complexity index is 2810. The molecule has 15 heteroatoms. The summed E-state index contributed by atoms with van der Waals surface area (Å²) in [6, 6.07) is 25.3. The molecule has 5 aromatic carbocycles. The number of ether oxygens (including phenoxy) is 1. The molecule has 5 rings (SSSR count). The zero-order valence-corrected chi connectivity index (χ0v) is 46.4. The molecule has 4 N–H and O–H groups in total. The summed E-state index contributed by atoms with van der Waals surface area (Å²) < 4.78 is 91.5. The topological polar surface area (TPSA) is 151 Å². The quantitative estimate of drug-likeness (QED) is 0.0721. The number of benzene rings is 5. The van der Waals surface area contributed by atoms with Crippen LogP contribution in [0.2, 0.25) is 0 Å². The maximum atomic E-state index is 12.9. The lowest BCUT2D eigenvalue weighted by Crippen LogP contribution is -2.24. The van der Waals surface area contributed by atoms with Crippen molar-refractivity contribution < 1.29 is 49.5 Å². The largest absolute Gasteiger partial charge is 0.460 e. The first-order chi connectivity index (χ1) is 34.1. The van der Waals surface area contributed by atoms with E-state index >= 15 is 0 Å². The van der Waals surface area contributed by atoms with Crippen molar-refractivity contribution in [3.05, 3.63) is 176 Å². The van der Waals surface area contributed by atoms with Gasteiger partial charge in [-0.25, -0.2) is 22.0 Å². The highest BCUT2D eigenvalue weighted by Crippen LogP contribution is 2.35. The predicted octanol–water partition coefficient (Wildman–Crippen LogP) is 18.0. The molecule has 0 aliphatic rings. The number of carbonyl (C=O) groups excluding carboxylic acids is 3. The molecule has 436 valence electrons. The summed E-state index contributed by atoms with van der Waals surface area (Å²) in [6.07, 6.45) is -3.18. The van der Waals surface area contributed by atoms with Crippen molar-refractivity contribution in [3.8, 4) is 0 Å². The lowest BCUT2D eigenvalue weighted by atomic mass is 9.93. The van der Waals surface area contributed by atoms with Gasteiger partial charge in [-0.2, -0.15) is 13.2 Å². The van der Waals surface area contributed by atoms with E-state index in [2.05, 4.69) is 43.8 Å². The Labute approximate surface area is 466 Å². The molecule has 0 aromatic heterocycles. The van der Waals surface area contributed by atoms with Gasteiger partial charge in [-0.15, -0.1) is 0 Å². The van der Waals surface area contributed by atoms with Crippen molar-refractivity contribution in [2.75, 3.05) is 5.75 Å². The first-order valence-corrected chi connectivity index (χ1v) is 26.1. The van der Waals surface area contributed by atoms with Gasteiger partial charge in [0.2, 0.25) is 11.8 Å². The first kappa shape index (κ1) is 78.1. The number of aryl methyl sites for hydroxylation is 2. The lowest BCUT2D eigenvalue weighted by molar-refractivity contribution is -0.154. The van der Waals surface area contributed by atoms with Crippen molar-refractivity contribution in [1.82, 2.24) is 0 Å². The molecule has 2 amide bonds. The second-order valence-corrected chi connectivity index (χ2v) is 22.4. The van der Waals surface area contributed by atoms with E-state index in [0.717, 1.165) is 41.3 Å². The molecular weight excluding hydrogens is 1020 g/mol. The number of hydrogen-bond donors (Lipinski definition) is 2. The molecule has 9 nitrogen and oxygen atoms in total. The van der Waals surface area contributed by atoms with Gasteiger partial charge < -0.3 is 16.2 Å². The zero-order valence-electron chi connectivity index (χ0n) is 45.6. The molecule has 0 aliphatic carbocycles. The SMILES string of the molecule is C.C.C.C.CC(C)c1cc(F)cc(C(N)=O)c1.CC(C)c1ccc(F)cc1C(N)=O.CCS(=O)(=O)c1ccccc1C(C)C.Cc1ccc(CCC(=O)OC(C)(C)C)c(C(C)C)c1.[C-]#[N+]c1cc(C(F)(F)F)ccc1C(C)C. The van der Waals surface area contributed by atoms with Gasteiger partial charge in [0.1, 0.15) is 17.2 Å². The van der Waals surface area contributed by atoms with E-state index in [4.69, 9.17) is 22.8 Å². The van der Waals surface area contributed by atoms with Gasteiger partial charge in [0.15, 0.2) is 15.5 Å². The number of hydrogen-bond acceptors (Lipinski definition) is 6. The fourth-order valence-corrected chi connectivity index (χ4v) is 8.40. The van der Waals surface area contributed by atoms with Gasteiger partial charge in [-0.05, 0) is 140 Å². The van der Waals surface area contributed by atoms with Crippen LogP contribution in [-0.4, -0.2) is 37.6 Å². The van der Waals surface area contributed by atoms with E-state index in [-0.39, 0.29) is 81.9 Å². The Hall–Kier alpha value is -6.40. The van der Waals surface area contributed by atoms with E-state index < -0.39 is 50.6 Å². The Morgan fingerprint density at radius 1 is 0.628 bits per heavy atom. The average Bonchev–Trinajstić information content (AvgIpc) is 3.30. The van der Waals surface area contributed by atoms with E-state index in [1.165, 1.54) is 41.0 Å². The first-order valence-electron chi connectivity index (χ1n) is 24.5. The van der Waals surface area contributed by atoms with Crippen LogP contribution in [0.4, 0.5) is 27.6 Å². The van der Waals surface area contributed by atoms with Crippen LogP contribution in [0.1, 0.15) is 228 Å². The summed E-state index contributed by atoms with van der Waals surface area (Å²) in [5.74, 6) is -0.851. The van der Waals surface area contributed by atoms with Crippen LogP contribution in [0.15, 0.2) is 102 Å². The third kappa shape index (κ3) is 26.8. The predicted molar refractivity (Wildman–Crippen MR) is 314 cm³/mol. The number of alkyl halides is 3. The monoisotopic (exact) mass is 1110 g/mol. The summed E-state index contributed by atoms with van der Waals surface area (Å²) in [5.41, 5.74) is 16.6. The number of carbonyl (C=O) groups is 3. The summed E-state index contributed by atoms with van der Waals surface area (Å²) in [6.45, 7) is 36.1. The van der Waals surface area contributed by atoms with E-state index in [0.29, 0.717) is 22.8 Å². The molecule has 0 atom stereocenters. The Kier molecular flexibility index (Phi) is 35.2. The zero-order chi connectivity index (χ0) is 57.1. The van der Waals surface area contributed by atoms with Crippen LogP contribution in [0, 0.1) is 25.1 Å². The van der Waals surface area contributed by atoms with Gasteiger partial charge in [0.25, 0.3) is 0 Å². The molecule has 0 bridgehead atoms. The molecule has 0 unspecified atom stereocenters. The number of nitrogens with two attached hydrogens (primary N) is 2. The van der Waals surface area contributed by atoms with Crippen molar-refractivity contribution in [3.63, 3.8) is 0 Å². The minimum atomic E-state index is -4.38. The third-order valence-corrected chi connectivity index (χ3v) is 12.9. The van der Waals surface area contributed by atoms with E-state index in [9.17, 15) is 44.8 Å². The van der Waals surface area contributed by atoms with Crippen LogP contribution < -0.4 is 11.5 Å². The highest BCUT2D eigenvalue weighted by atomic mass is 32.2. The Balaban J connectivity index is -0.000000436. The number of esters is 1. The van der Waals surface area contributed by atoms with Crippen LogP contribution in [0.3, 0.4) is 0 Å². The molecule has 0 heterocycles. The normalized spacial score (nSPS) is 10.7. The van der Waals surface area contributed by atoms with Gasteiger partial charge in [-0.1, -0.05) is 166 Å². The van der Waals surface area contributed by atoms with Crippen molar-refractivity contribution >= 4 is 33.3 Å². The van der Waals surface area contributed by atoms with Gasteiger partial charge in [0, 0.05) is 23.1 Å². The third-order valence-electron chi connectivity index (χ3n) is 11.1. The second-order valence-electron chi connectivity index (χ2n) is 20.1. The highest BCUT2D eigenvalue weighted by molar-refractivity contribution is 7.91. The van der Waals surface area contributed by atoms with Gasteiger partial charge >= 0.3 is 12.1 Å². The van der Waals surface area contributed by atoms with Crippen LogP contribution in [-0.2, 0) is 32.0 Å². The van der Waals surface area contributed by atoms with E-state index in [1.807, 2.05) is 88.3 Å². The Morgan fingerprint density at radius 3 is 1.60 bits per heavy atom. The molecular formula is C63H92F5N3O6S. The molecule has 0 saturated carbocycles. The number of amides is 2. The number of primary amides is 2. The lowest BCUT2D eigenvalue weighted by Gasteiger charge is -2.20. The Morgan fingerprint density at radius 2 is 1.15 bits per heavy atom. The number of rotatable bonds is 12. The summed E-state index contributed by atoms with van der Waals surface area (Å²) >= 11 is 0. The van der Waals surface area contributed by atoms with Gasteiger partial charge in [-0.3, -0.25) is 14.4 Å². The standard InChI is InChI=1S/C17H26O2.C11H10F3N.C11H16O2S.2C10H12FNO.4CH4/c1-12(2)15-11-13(3)7-8-14(15)9-10-16(18)19-17(4,5)6;1-7(2)9-5-4-8(11(12,13)14)6-10(9)15-3;1-4-14(12,13)11-8-6-5-7-10(11)9(2)3;1-6(2)7-3-8(10(12)13)5-9(11)4-7;1-6(2)8-4-3-7(11)5-9(8)10(12)13;;;;/h7-8,11-12H,9-10H2,1-6H3;4-7H,1-2H3;5-9H,4H2,1-3H3;2*3-6H,1-2H3,(H2,12,13);4*1H4. The highest BCUT2D eigenvalue weighted by Gasteiger charge is 2.31. The second kappa shape index (κ2) is 35.2. The van der Waals surface area contributed by atoms with Gasteiger partial charge in [0.05, 0.1) is 17.2 Å². The van der Waals surface area contributed by atoms with Crippen molar-refractivity contribution in [2.45, 2.75) is 193 Å². The number of nitrogens with zero attached hydrogens (tertiary/aromatic N) is 1. The molecule has 0 radical (unpaired) electrons. The van der Waals surface area contributed by atoms with Crippen LogP contribution >= 0.6 is 0 Å². The van der Waals surface area contributed by atoms with E-state index in [1.54, 1.807) is 31.2 Å². The smallest absolute Gasteiger partial charge is 0.415 e. The maximum absolute atomic E-state index is 12.9. The fourth-order valence-electron chi connectivity index (χ4n) is 7.14. The van der Waals surface area contributed by atoms with Crippen LogP contribution in [0.25, 0.3) is 4.85 Å². The molecule has 0 aliphatic heterocycles. The minimum absolute atomic E-state index is 0. The van der Waals surface area contributed by atoms with Crippen molar-refractivity contribution in [2.24, 2.45) is 11.5 Å². The summed E-state index contributed by atoms with van der Waals surface area (Å²) in [4.78, 5) is 37.1. The molecule has 0 spiro atoms. The number of sulfone groups is 1. The average molecular weight is 1110 g/mol. The van der Waals surface area contributed by atoms with Crippen LogP contribution in [0.5, 0.6) is 0 Å². The fraction of sp³-hybridized carbons (Fsp3) is 0.460. The number of halogens is 5. The molecule has 78 heavy (non-hydrogen) atoms.